The SMILES string of the molecule is CC(C)CCCCC(CCCCC(C)C)CC(=O)O. The average Bonchev–Trinajstić information content (AvgIpc) is 2.28. The van der Waals surface area contributed by atoms with Crippen molar-refractivity contribution < 1.29 is 9.90 Å². The molecule has 0 aliphatic carbocycles. The summed E-state index contributed by atoms with van der Waals surface area (Å²) in [5, 5.41) is 8.97. The average molecular weight is 270 g/mol. The molecule has 0 rings (SSSR count). The molecule has 0 bridgehead atoms. The zero-order chi connectivity index (χ0) is 14.7. The lowest BCUT2D eigenvalue weighted by Crippen LogP contribution is -2.08. The Bertz CT molecular complexity index is 205. The third-order valence-electron chi connectivity index (χ3n) is 3.75. The molecule has 0 saturated carbocycles. The lowest BCUT2D eigenvalue weighted by Gasteiger charge is -2.15. The molecule has 114 valence electrons. The van der Waals surface area contributed by atoms with E-state index < -0.39 is 5.97 Å². The third-order valence-corrected chi connectivity index (χ3v) is 3.75. The molecule has 19 heavy (non-hydrogen) atoms. The number of rotatable bonds is 12. The van der Waals surface area contributed by atoms with Crippen LogP contribution in [0, 0.1) is 17.8 Å². The smallest absolute Gasteiger partial charge is 0.303 e. The van der Waals surface area contributed by atoms with E-state index in [1.54, 1.807) is 0 Å². The number of hydrogen-bond donors (Lipinski definition) is 1. The van der Waals surface area contributed by atoms with Gasteiger partial charge in [-0.3, -0.25) is 4.79 Å². The molecule has 2 heteroatoms. The zero-order valence-electron chi connectivity index (χ0n) is 13.5. The Balaban J connectivity index is 3.78. The maximum Gasteiger partial charge on any atom is 0.303 e. The van der Waals surface area contributed by atoms with E-state index in [-0.39, 0.29) is 0 Å². The Kier molecular flexibility index (Phi) is 11.0. The van der Waals surface area contributed by atoms with Crippen LogP contribution in [0.1, 0.15) is 85.5 Å². The first-order chi connectivity index (χ1) is 8.91. The summed E-state index contributed by atoms with van der Waals surface area (Å²) in [6.45, 7) is 9.00. The van der Waals surface area contributed by atoms with Crippen LogP contribution in [-0.4, -0.2) is 11.1 Å². The van der Waals surface area contributed by atoms with Crippen molar-refractivity contribution in [3.8, 4) is 0 Å². The van der Waals surface area contributed by atoms with Gasteiger partial charge in [0.05, 0.1) is 0 Å². The molecular formula is C17H34O2. The van der Waals surface area contributed by atoms with Crippen molar-refractivity contribution in [2.75, 3.05) is 0 Å². The second-order valence-electron chi connectivity index (χ2n) is 6.82. The Labute approximate surface area is 120 Å². The van der Waals surface area contributed by atoms with E-state index >= 15 is 0 Å². The highest BCUT2D eigenvalue weighted by Gasteiger charge is 2.13. The number of carboxylic acids is 1. The summed E-state index contributed by atoms with van der Waals surface area (Å²) in [6, 6.07) is 0. The predicted molar refractivity (Wildman–Crippen MR) is 82.4 cm³/mol. The van der Waals surface area contributed by atoms with Crippen molar-refractivity contribution in [2.45, 2.75) is 85.5 Å². The molecule has 0 aromatic carbocycles. The topological polar surface area (TPSA) is 37.3 Å². The fraction of sp³-hybridized carbons (Fsp3) is 0.941. The van der Waals surface area contributed by atoms with Crippen molar-refractivity contribution in [1.82, 2.24) is 0 Å². The summed E-state index contributed by atoms with van der Waals surface area (Å²) in [4.78, 5) is 10.9. The number of hydrogen-bond acceptors (Lipinski definition) is 1. The molecule has 0 aliphatic rings. The molecule has 0 aromatic rings. The van der Waals surface area contributed by atoms with E-state index in [4.69, 9.17) is 5.11 Å². The molecule has 0 amide bonds. The molecular weight excluding hydrogens is 236 g/mol. The Hall–Kier alpha value is -0.530. The van der Waals surface area contributed by atoms with Gasteiger partial charge in [0.2, 0.25) is 0 Å². The van der Waals surface area contributed by atoms with Crippen LogP contribution in [0.3, 0.4) is 0 Å². The van der Waals surface area contributed by atoms with E-state index in [0.717, 1.165) is 24.7 Å². The van der Waals surface area contributed by atoms with E-state index in [1.165, 1.54) is 38.5 Å². The molecule has 0 aliphatic heterocycles. The number of aliphatic carboxylic acids is 1. The highest BCUT2D eigenvalue weighted by Crippen LogP contribution is 2.22. The number of unbranched alkanes of at least 4 members (excludes halogenated alkanes) is 2. The second-order valence-corrected chi connectivity index (χ2v) is 6.82. The van der Waals surface area contributed by atoms with Crippen molar-refractivity contribution in [1.29, 1.82) is 0 Å². The van der Waals surface area contributed by atoms with Crippen molar-refractivity contribution in [2.24, 2.45) is 17.8 Å². The molecule has 0 spiro atoms. The standard InChI is InChI=1S/C17H34O2/c1-14(2)9-5-7-11-16(13-17(18)19)12-8-6-10-15(3)4/h14-16H,5-13H2,1-4H3,(H,18,19). The first kappa shape index (κ1) is 18.5. The maximum absolute atomic E-state index is 10.9. The molecule has 0 unspecified atom stereocenters. The fourth-order valence-corrected chi connectivity index (χ4v) is 2.57. The van der Waals surface area contributed by atoms with E-state index in [1.807, 2.05) is 0 Å². The lowest BCUT2D eigenvalue weighted by atomic mass is 9.91. The van der Waals surface area contributed by atoms with Gasteiger partial charge in [-0.1, -0.05) is 66.2 Å². The summed E-state index contributed by atoms with van der Waals surface area (Å²) in [6.07, 6.45) is 9.99. The molecule has 0 atom stereocenters. The highest BCUT2D eigenvalue weighted by molar-refractivity contribution is 5.66. The van der Waals surface area contributed by atoms with Crippen LogP contribution >= 0.6 is 0 Å². The number of carbonyl (C=O) groups is 1. The van der Waals surface area contributed by atoms with Gasteiger partial charge < -0.3 is 5.11 Å². The van der Waals surface area contributed by atoms with Crippen LogP contribution in [0.2, 0.25) is 0 Å². The number of carboxylic acid groups (broad SMARTS) is 1. The van der Waals surface area contributed by atoms with E-state index in [0.29, 0.717) is 12.3 Å². The normalized spacial score (nSPS) is 11.7. The van der Waals surface area contributed by atoms with E-state index in [2.05, 4.69) is 27.7 Å². The summed E-state index contributed by atoms with van der Waals surface area (Å²) in [5.74, 6) is 1.31. The monoisotopic (exact) mass is 270 g/mol. The molecule has 0 saturated heterocycles. The van der Waals surface area contributed by atoms with Crippen LogP contribution in [0.15, 0.2) is 0 Å². The maximum atomic E-state index is 10.9. The van der Waals surface area contributed by atoms with Crippen molar-refractivity contribution in [3.63, 3.8) is 0 Å². The van der Waals surface area contributed by atoms with Crippen LogP contribution in [0.4, 0.5) is 0 Å². The molecule has 0 aromatic heterocycles. The van der Waals surface area contributed by atoms with Crippen molar-refractivity contribution >= 4 is 5.97 Å². The van der Waals surface area contributed by atoms with Gasteiger partial charge in [-0.15, -0.1) is 0 Å². The van der Waals surface area contributed by atoms with Gasteiger partial charge in [0.1, 0.15) is 0 Å². The van der Waals surface area contributed by atoms with Gasteiger partial charge in [0, 0.05) is 6.42 Å². The third kappa shape index (κ3) is 13.7. The van der Waals surface area contributed by atoms with Gasteiger partial charge in [-0.05, 0) is 30.6 Å². The first-order valence-electron chi connectivity index (χ1n) is 8.13. The molecule has 2 nitrogen and oxygen atoms in total. The van der Waals surface area contributed by atoms with Crippen LogP contribution in [0.25, 0.3) is 0 Å². The summed E-state index contributed by atoms with van der Waals surface area (Å²) in [7, 11) is 0. The van der Waals surface area contributed by atoms with Gasteiger partial charge in [-0.25, -0.2) is 0 Å². The molecule has 0 radical (unpaired) electrons. The molecule has 1 N–H and O–H groups in total. The van der Waals surface area contributed by atoms with Gasteiger partial charge in [0.15, 0.2) is 0 Å². The van der Waals surface area contributed by atoms with Gasteiger partial charge in [-0.2, -0.15) is 0 Å². The summed E-state index contributed by atoms with van der Waals surface area (Å²) >= 11 is 0. The molecule has 0 heterocycles. The minimum atomic E-state index is -0.627. The van der Waals surface area contributed by atoms with Crippen molar-refractivity contribution in [3.05, 3.63) is 0 Å². The molecule has 0 fully saturated rings. The minimum Gasteiger partial charge on any atom is -0.481 e. The van der Waals surface area contributed by atoms with Crippen LogP contribution in [0.5, 0.6) is 0 Å². The van der Waals surface area contributed by atoms with Crippen LogP contribution < -0.4 is 0 Å². The Morgan fingerprint density at radius 3 is 1.47 bits per heavy atom. The Morgan fingerprint density at radius 1 is 0.789 bits per heavy atom. The lowest BCUT2D eigenvalue weighted by molar-refractivity contribution is -0.138. The van der Waals surface area contributed by atoms with Crippen LogP contribution in [-0.2, 0) is 4.79 Å². The zero-order valence-corrected chi connectivity index (χ0v) is 13.5. The largest absolute Gasteiger partial charge is 0.481 e. The first-order valence-corrected chi connectivity index (χ1v) is 8.13. The fourth-order valence-electron chi connectivity index (χ4n) is 2.57. The second kappa shape index (κ2) is 11.3. The predicted octanol–water partition coefficient (Wildman–Crippen LogP) is 5.51. The van der Waals surface area contributed by atoms with E-state index in [9.17, 15) is 4.79 Å². The Morgan fingerprint density at radius 2 is 1.16 bits per heavy atom. The quantitative estimate of drug-likeness (QED) is 0.475. The van der Waals surface area contributed by atoms with Gasteiger partial charge in [0.25, 0.3) is 0 Å². The minimum absolute atomic E-state index is 0.364. The summed E-state index contributed by atoms with van der Waals surface area (Å²) < 4.78 is 0. The van der Waals surface area contributed by atoms with Gasteiger partial charge >= 0.3 is 5.97 Å². The highest BCUT2D eigenvalue weighted by atomic mass is 16.4. The summed E-state index contributed by atoms with van der Waals surface area (Å²) in [5.41, 5.74) is 0.